The number of hydrogen-bond acceptors (Lipinski definition) is 6. The predicted molar refractivity (Wildman–Crippen MR) is 137 cm³/mol. The molecule has 7 nitrogen and oxygen atoms in total. The summed E-state index contributed by atoms with van der Waals surface area (Å²) in [7, 11) is 2.41. The Labute approximate surface area is 215 Å². The topological polar surface area (TPSA) is 86.0 Å². The maximum Gasteiger partial charge on any atom is 0.342 e. The highest BCUT2D eigenvalue weighted by Gasteiger charge is 2.37. The Balaban J connectivity index is 1.84. The van der Waals surface area contributed by atoms with Crippen molar-refractivity contribution in [3.8, 4) is 0 Å². The third-order valence-corrected chi connectivity index (χ3v) is 6.00. The molecule has 1 aromatic heterocycles. The highest BCUT2D eigenvalue weighted by atomic mass is 16.5. The first-order chi connectivity index (χ1) is 18.0. The fourth-order valence-corrected chi connectivity index (χ4v) is 4.21. The van der Waals surface area contributed by atoms with Crippen LogP contribution < -0.4 is 0 Å². The molecule has 0 aliphatic carbocycles. The second-order valence-corrected chi connectivity index (χ2v) is 8.38. The lowest BCUT2D eigenvalue weighted by Crippen LogP contribution is -2.35. The number of carbonyl (C=O) groups excluding carboxylic acids is 3. The van der Waals surface area contributed by atoms with Crippen LogP contribution in [0.4, 0.5) is 0 Å². The summed E-state index contributed by atoms with van der Waals surface area (Å²) < 4.78 is 15.6. The van der Waals surface area contributed by atoms with Crippen molar-refractivity contribution in [2.45, 2.75) is 19.0 Å². The van der Waals surface area contributed by atoms with Gasteiger partial charge in [-0.15, -0.1) is 0 Å². The molecule has 0 bridgehead atoms. The molecule has 4 rings (SSSR count). The van der Waals surface area contributed by atoms with Gasteiger partial charge in [-0.2, -0.15) is 0 Å². The van der Waals surface area contributed by atoms with Gasteiger partial charge in [0.15, 0.2) is 0 Å². The van der Waals surface area contributed by atoms with Crippen molar-refractivity contribution in [3.63, 3.8) is 0 Å². The summed E-state index contributed by atoms with van der Waals surface area (Å²) in [6, 6.07) is 28.3. The zero-order valence-corrected chi connectivity index (χ0v) is 20.6. The van der Waals surface area contributed by atoms with Crippen molar-refractivity contribution in [2.75, 3.05) is 14.2 Å². The fraction of sp³-hybridized carbons (Fsp3) is 0.167. The van der Waals surface area contributed by atoms with Gasteiger partial charge < -0.3 is 18.8 Å². The van der Waals surface area contributed by atoms with Gasteiger partial charge in [0.05, 0.1) is 14.2 Å². The number of hydrogen-bond donors (Lipinski definition) is 0. The van der Waals surface area contributed by atoms with Gasteiger partial charge in [-0.25, -0.2) is 9.59 Å². The maximum atomic E-state index is 14.4. The molecule has 4 aromatic rings. The van der Waals surface area contributed by atoms with E-state index >= 15 is 0 Å². The number of amides is 1. The molecular weight excluding hydrogens is 470 g/mol. The fourth-order valence-electron chi connectivity index (χ4n) is 4.21. The van der Waals surface area contributed by atoms with Crippen molar-refractivity contribution >= 4 is 17.8 Å². The molecule has 188 valence electrons. The number of benzene rings is 3. The summed E-state index contributed by atoms with van der Waals surface area (Å²) in [6.07, 6.45) is 1.13. The molecule has 0 fully saturated rings. The number of nitrogens with zero attached hydrogens (tertiary/aromatic N) is 1. The molecule has 1 amide bonds. The summed E-state index contributed by atoms with van der Waals surface area (Å²) in [5.74, 6) is -2.85. The molecule has 1 heterocycles. The number of ether oxygens (including phenoxy) is 2. The molecule has 37 heavy (non-hydrogen) atoms. The van der Waals surface area contributed by atoms with E-state index in [4.69, 9.17) is 13.9 Å². The van der Waals surface area contributed by atoms with Crippen LogP contribution in [0.25, 0.3) is 0 Å². The smallest absolute Gasteiger partial charge is 0.342 e. The normalized spacial score (nSPS) is 11.4. The van der Waals surface area contributed by atoms with E-state index in [1.165, 1.54) is 14.2 Å². The predicted octanol–water partition coefficient (Wildman–Crippen LogP) is 5.21. The standard InChI is InChI=1S/C30H27NO6/c1-35-29(33)24-20-37-27(26(24)30(34)36-2)25(23-16-10-5-11-17-23)28(32)31(18-21-12-6-3-7-13-21)19-22-14-8-4-9-15-22/h3-17,20,25H,18-19H2,1-2H3. The second kappa shape index (κ2) is 11.9. The first-order valence-corrected chi connectivity index (χ1v) is 11.7. The highest BCUT2D eigenvalue weighted by molar-refractivity contribution is 6.05. The van der Waals surface area contributed by atoms with E-state index in [1.807, 2.05) is 66.7 Å². The Hall–Kier alpha value is -4.65. The van der Waals surface area contributed by atoms with Crippen LogP contribution in [0.3, 0.4) is 0 Å². The van der Waals surface area contributed by atoms with Gasteiger partial charge in [-0.3, -0.25) is 4.79 Å². The molecule has 1 atom stereocenters. The summed E-state index contributed by atoms with van der Waals surface area (Å²) in [6.45, 7) is 0.659. The monoisotopic (exact) mass is 497 g/mol. The molecule has 7 heteroatoms. The first kappa shape index (κ1) is 25.4. The zero-order chi connectivity index (χ0) is 26.2. The van der Waals surface area contributed by atoms with Crippen LogP contribution in [0.5, 0.6) is 0 Å². The molecule has 0 N–H and O–H groups in total. The van der Waals surface area contributed by atoms with Gasteiger partial charge in [-0.1, -0.05) is 91.0 Å². The van der Waals surface area contributed by atoms with E-state index < -0.39 is 17.9 Å². The average molecular weight is 498 g/mol. The molecule has 1 unspecified atom stereocenters. The molecular formula is C30H27NO6. The highest BCUT2D eigenvalue weighted by Crippen LogP contribution is 2.34. The van der Waals surface area contributed by atoms with Crippen LogP contribution in [0.2, 0.25) is 0 Å². The molecule has 0 spiro atoms. The van der Waals surface area contributed by atoms with Crippen molar-refractivity contribution in [1.82, 2.24) is 4.90 Å². The van der Waals surface area contributed by atoms with Crippen molar-refractivity contribution in [2.24, 2.45) is 0 Å². The Morgan fingerprint density at radius 1 is 0.730 bits per heavy atom. The average Bonchev–Trinajstić information content (AvgIpc) is 3.38. The zero-order valence-electron chi connectivity index (χ0n) is 20.6. The van der Waals surface area contributed by atoms with Crippen LogP contribution in [-0.2, 0) is 27.4 Å². The molecule has 3 aromatic carbocycles. The van der Waals surface area contributed by atoms with Crippen LogP contribution >= 0.6 is 0 Å². The second-order valence-electron chi connectivity index (χ2n) is 8.38. The third kappa shape index (κ3) is 5.78. The van der Waals surface area contributed by atoms with Crippen molar-refractivity contribution in [1.29, 1.82) is 0 Å². The van der Waals surface area contributed by atoms with Crippen LogP contribution in [0, 0.1) is 0 Å². The minimum Gasteiger partial charge on any atom is -0.466 e. The van der Waals surface area contributed by atoms with Gasteiger partial charge in [0.1, 0.15) is 29.1 Å². The molecule has 0 aliphatic heterocycles. The maximum absolute atomic E-state index is 14.4. The SMILES string of the molecule is COC(=O)c1coc(C(C(=O)N(Cc2ccccc2)Cc2ccccc2)c2ccccc2)c1C(=O)OC. The van der Waals surface area contributed by atoms with Gasteiger partial charge in [0.25, 0.3) is 0 Å². The Morgan fingerprint density at radius 3 is 1.70 bits per heavy atom. The van der Waals surface area contributed by atoms with Crippen LogP contribution in [0.15, 0.2) is 102 Å². The molecule has 0 saturated heterocycles. The Morgan fingerprint density at radius 2 is 1.22 bits per heavy atom. The van der Waals surface area contributed by atoms with Gasteiger partial charge in [-0.05, 0) is 16.7 Å². The lowest BCUT2D eigenvalue weighted by atomic mass is 9.91. The summed E-state index contributed by atoms with van der Waals surface area (Å²) in [4.78, 5) is 41.3. The van der Waals surface area contributed by atoms with Crippen LogP contribution in [-0.4, -0.2) is 37.0 Å². The molecule has 0 radical (unpaired) electrons. The van der Waals surface area contributed by atoms with Gasteiger partial charge in [0.2, 0.25) is 5.91 Å². The third-order valence-electron chi connectivity index (χ3n) is 6.00. The Bertz CT molecular complexity index is 1310. The minimum atomic E-state index is -1.01. The van der Waals surface area contributed by atoms with Gasteiger partial charge in [0, 0.05) is 13.1 Å². The van der Waals surface area contributed by atoms with E-state index in [9.17, 15) is 14.4 Å². The lowest BCUT2D eigenvalue weighted by molar-refractivity contribution is -0.133. The summed E-state index contributed by atoms with van der Waals surface area (Å²) in [5, 5.41) is 0. The first-order valence-electron chi connectivity index (χ1n) is 11.7. The van der Waals surface area contributed by atoms with E-state index in [0.717, 1.165) is 17.4 Å². The molecule has 0 saturated carbocycles. The van der Waals surface area contributed by atoms with Crippen molar-refractivity contribution in [3.05, 3.63) is 131 Å². The lowest BCUT2D eigenvalue weighted by Gasteiger charge is -2.28. The minimum absolute atomic E-state index is 0.0228. The van der Waals surface area contributed by atoms with E-state index in [2.05, 4.69) is 0 Å². The largest absolute Gasteiger partial charge is 0.466 e. The van der Waals surface area contributed by atoms with Crippen LogP contribution in [0.1, 0.15) is 49.1 Å². The summed E-state index contributed by atoms with van der Waals surface area (Å²) >= 11 is 0. The van der Waals surface area contributed by atoms with E-state index in [-0.39, 0.29) is 22.8 Å². The van der Waals surface area contributed by atoms with Gasteiger partial charge >= 0.3 is 11.9 Å². The number of esters is 2. The van der Waals surface area contributed by atoms with E-state index in [0.29, 0.717) is 18.7 Å². The number of methoxy groups -OCH3 is 2. The number of carbonyl (C=O) groups is 3. The van der Waals surface area contributed by atoms with E-state index in [1.54, 1.807) is 29.2 Å². The quantitative estimate of drug-likeness (QED) is 0.295. The summed E-state index contributed by atoms with van der Waals surface area (Å²) in [5.41, 5.74) is 2.27. The molecule has 0 aliphatic rings. The Kier molecular flexibility index (Phi) is 8.15. The number of rotatable bonds is 9. The number of furan rings is 1. The van der Waals surface area contributed by atoms with Crippen molar-refractivity contribution < 1.29 is 28.3 Å².